The highest BCUT2D eigenvalue weighted by Gasteiger charge is 2.14. The third-order valence-corrected chi connectivity index (χ3v) is 4.13. The summed E-state index contributed by atoms with van der Waals surface area (Å²) >= 11 is 0. The van der Waals surface area contributed by atoms with Crippen LogP contribution in [0.1, 0.15) is 45.9 Å². The molecule has 0 bridgehead atoms. The lowest BCUT2D eigenvalue weighted by Gasteiger charge is -2.04. The Hall–Kier alpha value is -3.28. The monoisotopic (exact) mass is 364 g/mol. The first-order valence-corrected chi connectivity index (χ1v) is 8.75. The summed E-state index contributed by atoms with van der Waals surface area (Å²) in [6.07, 6.45) is 5.86. The molecule has 0 radical (unpaired) electrons. The average molecular weight is 364 g/mol. The molecule has 0 saturated heterocycles. The van der Waals surface area contributed by atoms with E-state index in [1.54, 1.807) is 18.3 Å². The van der Waals surface area contributed by atoms with Gasteiger partial charge in [0.05, 0.1) is 18.9 Å². The highest BCUT2D eigenvalue weighted by Crippen LogP contribution is 2.19. The summed E-state index contributed by atoms with van der Waals surface area (Å²) < 4.78 is 10.3. The van der Waals surface area contributed by atoms with Crippen molar-refractivity contribution in [2.24, 2.45) is 0 Å². The molecule has 27 heavy (non-hydrogen) atoms. The number of benzene rings is 1. The molecule has 1 aromatic carbocycles. The predicted molar refractivity (Wildman–Crippen MR) is 99.4 cm³/mol. The Morgan fingerprint density at radius 1 is 1.07 bits per heavy atom. The number of aryl methyl sites for hydroxylation is 1. The lowest BCUT2D eigenvalue weighted by molar-refractivity contribution is 0.0600. The molecule has 0 atom stereocenters. The van der Waals surface area contributed by atoms with E-state index >= 15 is 0 Å². The zero-order chi connectivity index (χ0) is 19.1. The molecule has 0 saturated carbocycles. The molecule has 0 aliphatic heterocycles. The van der Waals surface area contributed by atoms with Crippen molar-refractivity contribution >= 4 is 11.8 Å². The molecule has 0 spiro atoms. The smallest absolute Gasteiger partial charge is 0.337 e. The van der Waals surface area contributed by atoms with Crippen LogP contribution in [0.3, 0.4) is 0 Å². The lowest BCUT2D eigenvalue weighted by Crippen LogP contribution is -2.02. The number of Topliss-reactive ketones (excluding diaryl/α,β-unsaturated/α-hetero) is 1. The van der Waals surface area contributed by atoms with Crippen LogP contribution < -0.4 is 0 Å². The van der Waals surface area contributed by atoms with Gasteiger partial charge in [-0.1, -0.05) is 18.2 Å². The van der Waals surface area contributed by atoms with Gasteiger partial charge in [-0.3, -0.25) is 9.78 Å². The zero-order valence-corrected chi connectivity index (χ0v) is 15.1. The van der Waals surface area contributed by atoms with E-state index < -0.39 is 0 Å². The summed E-state index contributed by atoms with van der Waals surface area (Å²) in [6, 6.07) is 12.8. The van der Waals surface area contributed by atoms with Crippen molar-refractivity contribution < 1.29 is 18.7 Å². The van der Waals surface area contributed by atoms with Crippen LogP contribution in [0.5, 0.6) is 0 Å². The molecular formula is C21H20N2O4. The number of hydrogen-bond acceptors (Lipinski definition) is 6. The van der Waals surface area contributed by atoms with Crippen molar-refractivity contribution in [2.75, 3.05) is 7.11 Å². The first-order chi connectivity index (χ1) is 13.2. The highest BCUT2D eigenvalue weighted by molar-refractivity contribution is 5.92. The van der Waals surface area contributed by atoms with Gasteiger partial charge in [0.2, 0.25) is 5.78 Å². The first-order valence-electron chi connectivity index (χ1n) is 8.75. The number of nitrogens with zero attached hydrogens (tertiary/aromatic N) is 2. The number of carbonyl (C=O) groups is 2. The largest absolute Gasteiger partial charge is 0.465 e. The molecule has 3 aromatic rings. The van der Waals surface area contributed by atoms with Gasteiger partial charge in [0.1, 0.15) is 5.69 Å². The van der Waals surface area contributed by atoms with Crippen molar-refractivity contribution in [3.05, 3.63) is 71.9 Å². The summed E-state index contributed by atoms with van der Waals surface area (Å²) in [5.41, 5.74) is 2.22. The zero-order valence-electron chi connectivity index (χ0n) is 15.1. The molecule has 0 N–H and O–H groups in total. The van der Waals surface area contributed by atoms with E-state index in [1.165, 1.54) is 13.3 Å². The van der Waals surface area contributed by atoms with Crippen molar-refractivity contribution in [1.29, 1.82) is 0 Å². The molecule has 0 unspecified atom stereocenters. The number of rotatable bonds is 8. The number of ketones is 1. The lowest BCUT2D eigenvalue weighted by atomic mass is 10.0. The molecule has 0 aliphatic carbocycles. The maximum Gasteiger partial charge on any atom is 0.337 e. The van der Waals surface area contributed by atoms with E-state index in [0.717, 1.165) is 18.4 Å². The number of esters is 1. The SMILES string of the molecule is COC(=O)c1cccc(CCCCC(=O)c2ncc(-c3ccccn3)o2)c1. The summed E-state index contributed by atoms with van der Waals surface area (Å²) in [7, 11) is 1.36. The number of unbranched alkanes of at least 4 members (excludes halogenated alkanes) is 1. The van der Waals surface area contributed by atoms with Gasteiger partial charge in [-0.25, -0.2) is 9.78 Å². The minimum Gasteiger partial charge on any atom is -0.465 e. The van der Waals surface area contributed by atoms with Gasteiger partial charge in [-0.15, -0.1) is 0 Å². The molecule has 3 rings (SSSR count). The Morgan fingerprint density at radius 2 is 1.96 bits per heavy atom. The minimum atomic E-state index is -0.348. The van der Waals surface area contributed by atoms with Crippen LogP contribution in [0.4, 0.5) is 0 Å². The van der Waals surface area contributed by atoms with E-state index in [9.17, 15) is 9.59 Å². The molecule has 138 valence electrons. The van der Waals surface area contributed by atoms with Gasteiger partial charge in [-0.05, 0) is 49.1 Å². The third kappa shape index (κ3) is 4.88. The van der Waals surface area contributed by atoms with Crippen LogP contribution in [0.25, 0.3) is 11.5 Å². The number of ether oxygens (including phenoxy) is 1. The summed E-state index contributed by atoms with van der Waals surface area (Å²) in [6.45, 7) is 0. The first kappa shape index (κ1) is 18.5. The number of methoxy groups -OCH3 is 1. The minimum absolute atomic E-state index is 0.114. The Bertz CT molecular complexity index is 919. The highest BCUT2D eigenvalue weighted by atomic mass is 16.5. The maximum atomic E-state index is 12.2. The fourth-order valence-electron chi connectivity index (χ4n) is 2.72. The van der Waals surface area contributed by atoms with Crippen molar-refractivity contribution in [1.82, 2.24) is 9.97 Å². The van der Waals surface area contributed by atoms with Crippen LogP contribution in [-0.4, -0.2) is 28.8 Å². The van der Waals surface area contributed by atoms with E-state index in [-0.39, 0.29) is 17.6 Å². The fourth-order valence-corrected chi connectivity index (χ4v) is 2.72. The molecule has 2 heterocycles. The van der Waals surface area contributed by atoms with Crippen molar-refractivity contribution in [2.45, 2.75) is 25.7 Å². The molecule has 0 fully saturated rings. The Kier molecular flexibility index (Phi) is 6.10. The molecular weight excluding hydrogens is 344 g/mol. The van der Waals surface area contributed by atoms with Crippen LogP contribution in [0.15, 0.2) is 59.3 Å². The Morgan fingerprint density at radius 3 is 2.74 bits per heavy atom. The molecule has 0 amide bonds. The van der Waals surface area contributed by atoms with Crippen molar-refractivity contribution in [3.8, 4) is 11.5 Å². The van der Waals surface area contributed by atoms with Gasteiger partial charge >= 0.3 is 5.97 Å². The third-order valence-electron chi connectivity index (χ3n) is 4.13. The average Bonchev–Trinajstić information content (AvgIpc) is 3.22. The van der Waals surface area contributed by atoms with E-state index in [4.69, 9.17) is 9.15 Å². The number of oxazole rings is 1. The van der Waals surface area contributed by atoms with Crippen LogP contribution >= 0.6 is 0 Å². The summed E-state index contributed by atoms with van der Waals surface area (Å²) in [5, 5.41) is 0. The van der Waals surface area contributed by atoms with E-state index in [0.29, 0.717) is 29.9 Å². The Balaban J connectivity index is 1.49. The van der Waals surface area contributed by atoms with Crippen molar-refractivity contribution in [3.63, 3.8) is 0 Å². The fraction of sp³-hybridized carbons (Fsp3) is 0.238. The second-order valence-electron chi connectivity index (χ2n) is 6.07. The normalized spacial score (nSPS) is 10.6. The number of aromatic nitrogens is 2. The van der Waals surface area contributed by atoms with Gasteiger partial charge in [0, 0.05) is 12.6 Å². The van der Waals surface area contributed by atoms with Gasteiger partial charge in [0.25, 0.3) is 5.89 Å². The summed E-state index contributed by atoms with van der Waals surface area (Å²) in [5.74, 6) is 0.127. The molecule has 0 aliphatic rings. The van der Waals surface area contributed by atoms with Crippen LogP contribution in [-0.2, 0) is 11.2 Å². The van der Waals surface area contributed by atoms with Crippen LogP contribution in [0.2, 0.25) is 0 Å². The standard InChI is InChI=1S/C21H20N2O4/c1-26-21(25)16-9-6-8-15(13-16)7-2-3-11-18(24)20-23-14-19(27-20)17-10-4-5-12-22-17/h4-6,8-10,12-14H,2-3,7,11H2,1H3. The number of carbonyl (C=O) groups excluding carboxylic acids is 2. The molecule has 6 nitrogen and oxygen atoms in total. The van der Waals surface area contributed by atoms with Gasteiger partial charge < -0.3 is 9.15 Å². The van der Waals surface area contributed by atoms with Gasteiger partial charge in [-0.2, -0.15) is 0 Å². The topological polar surface area (TPSA) is 82.3 Å². The number of pyridine rings is 1. The molecule has 2 aromatic heterocycles. The quantitative estimate of drug-likeness (QED) is 0.340. The predicted octanol–water partition coefficient (Wildman–Crippen LogP) is 4.12. The Labute approximate surface area is 157 Å². The van der Waals surface area contributed by atoms with Crippen LogP contribution in [0, 0.1) is 0 Å². The maximum absolute atomic E-state index is 12.2. The van der Waals surface area contributed by atoms with E-state index in [1.807, 2.05) is 30.3 Å². The van der Waals surface area contributed by atoms with Gasteiger partial charge in [0.15, 0.2) is 5.76 Å². The van der Waals surface area contributed by atoms with E-state index in [2.05, 4.69) is 9.97 Å². The second-order valence-corrected chi connectivity index (χ2v) is 6.07. The molecule has 6 heteroatoms. The number of hydrogen-bond donors (Lipinski definition) is 0. The summed E-state index contributed by atoms with van der Waals surface area (Å²) in [4.78, 5) is 32.0. The second kappa shape index (κ2) is 8.89.